The molecular weight excluding hydrogens is 306 g/mol. The SMILES string of the molecule is Cc1ccc(C2C3CC(CN3)N2c2ncc(C(=O)NO)cn2)cc1. The molecule has 2 fully saturated rings. The van der Waals surface area contributed by atoms with Crippen LogP contribution in [0.5, 0.6) is 0 Å². The van der Waals surface area contributed by atoms with Crippen LogP contribution in [-0.4, -0.2) is 39.7 Å². The number of fused-ring (bicyclic) bond motifs is 2. The zero-order valence-corrected chi connectivity index (χ0v) is 13.3. The number of hydrogen-bond acceptors (Lipinski definition) is 6. The van der Waals surface area contributed by atoms with Gasteiger partial charge < -0.3 is 10.2 Å². The number of nitrogens with one attached hydrogen (secondary N) is 2. The summed E-state index contributed by atoms with van der Waals surface area (Å²) in [6, 6.07) is 9.46. The molecule has 0 saturated carbocycles. The molecule has 24 heavy (non-hydrogen) atoms. The molecule has 4 rings (SSSR count). The van der Waals surface area contributed by atoms with Crippen LogP contribution in [0.15, 0.2) is 36.7 Å². The highest BCUT2D eigenvalue weighted by atomic mass is 16.5. The summed E-state index contributed by atoms with van der Waals surface area (Å²) in [6.45, 7) is 2.99. The summed E-state index contributed by atoms with van der Waals surface area (Å²) in [7, 11) is 0. The highest BCUT2D eigenvalue weighted by Gasteiger charge is 2.47. The average Bonchev–Trinajstić information content (AvgIpc) is 3.23. The first-order valence-electron chi connectivity index (χ1n) is 8.02. The van der Waals surface area contributed by atoms with E-state index in [2.05, 4.69) is 51.4 Å². The predicted octanol–water partition coefficient (Wildman–Crippen LogP) is 1.20. The normalized spacial score (nSPS) is 25.1. The number of aryl methyl sites for hydroxylation is 1. The Morgan fingerprint density at radius 1 is 1.29 bits per heavy atom. The first kappa shape index (κ1) is 15.0. The van der Waals surface area contributed by atoms with E-state index in [9.17, 15) is 4.79 Å². The van der Waals surface area contributed by atoms with E-state index in [1.54, 1.807) is 5.48 Å². The van der Waals surface area contributed by atoms with Crippen molar-refractivity contribution in [3.05, 3.63) is 53.3 Å². The number of nitrogens with zero attached hydrogens (tertiary/aromatic N) is 3. The van der Waals surface area contributed by atoms with Gasteiger partial charge in [0.15, 0.2) is 0 Å². The summed E-state index contributed by atoms with van der Waals surface area (Å²) < 4.78 is 0. The molecule has 3 N–H and O–H groups in total. The minimum absolute atomic E-state index is 0.182. The second-order valence-corrected chi connectivity index (χ2v) is 6.38. The first-order chi connectivity index (χ1) is 11.7. The molecule has 7 nitrogen and oxygen atoms in total. The topological polar surface area (TPSA) is 90.4 Å². The minimum Gasteiger partial charge on any atom is -0.328 e. The van der Waals surface area contributed by atoms with Crippen molar-refractivity contribution in [3.63, 3.8) is 0 Å². The molecule has 3 atom stereocenters. The quantitative estimate of drug-likeness (QED) is 0.580. The third kappa shape index (κ3) is 2.42. The summed E-state index contributed by atoms with van der Waals surface area (Å²) in [4.78, 5) is 22.4. The molecule has 1 amide bonds. The van der Waals surface area contributed by atoms with Gasteiger partial charge >= 0.3 is 0 Å². The van der Waals surface area contributed by atoms with Crippen molar-refractivity contribution in [1.29, 1.82) is 0 Å². The first-order valence-corrected chi connectivity index (χ1v) is 8.02. The second kappa shape index (κ2) is 5.85. The van der Waals surface area contributed by atoms with Crippen molar-refractivity contribution in [2.75, 3.05) is 11.4 Å². The summed E-state index contributed by atoms with van der Waals surface area (Å²) in [6.07, 6.45) is 3.94. The molecule has 2 aliphatic rings. The predicted molar refractivity (Wildman–Crippen MR) is 87.9 cm³/mol. The van der Waals surface area contributed by atoms with E-state index in [-0.39, 0.29) is 11.6 Å². The fourth-order valence-corrected chi connectivity index (χ4v) is 3.70. The molecule has 0 radical (unpaired) electrons. The van der Waals surface area contributed by atoms with Crippen molar-refractivity contribution in [2.24, 2.45) is 0 Å². The Kier molecular flexibility index (Phi) is 3.66. The molecular formula is C17H19N5O2. The average molecular weight is 325 g/mol. The maximum absolute atomic E-state index is 11.4. The Labute approximate surface area is 139 Å². The molecule has 3 heterocycles. The van der Waals surface area contributed by atoms with Gasteiger partial charge in [-0.15, -0.1) is 0 Å². The maximum Gasteiger partial charge on any atom is 0.277 e. The molecule has 2 aliphatic heterocycles. The molecule has 1 aromatic carbocycles. The third-order valence-electron chi connectivity index (χ3n) is 4.87. The number of carbonyl (C=O) groups is 1. The molecule has 1 aromatic heterocycles. The molecule has 124 valence electrons. The number of hydrogen-bond donors (Lipinski definition) is 3. The summed E-state index contributed by atoms with van der Waals surface area (Å²) in [5.41, 5.74) is 4.30. The number of benzene rings is 1. The van der Waals surface area contributed by atoms with Gasteiger partial charge in [-0.3, -0.25) is 10.0 Å². The molecule has 2 bridgehead atoms. The maximum atomic E-state index is 11.4. The minimum atomic E-state index is -0.610. The van der Waals surface area contributed by atoms with Gasteiger partial charge in [0.25, 0.3) is 5.91 Å². The summed E-state index contributed by atoms with van der Waals surface area (Å²) in [5.74, 6) is 0.00492. The lowest BCUT2D eigenvalue weighted by atomic mass is 9.99. The van der Waals surface area contributed by atoms with Gasteiger partial charge in [0.2, 0.25) is 5.95 Å². The van der Waals surface area contributed by atoms with Crippen LogP contribution < -0.4 is 15.7 Å². The van der Waals surface area contributed by atoms with Crippen LogP contribution >= 0.6 is 0 Å². The Balaban J connectivity index is 1.67. The zero-order valence-electron chi connectivity index (χ0n) is 13.3. The molecule has 3 unspecified atom stereocenters. The Bertz CT molecular complexity index is 747. The van der Waals surface area contributed by atoms with Gasteiger partial charge in [0.05, 0.1) is 11.6 Å². The molecule has 2 saturated heterocycles. The van der Waals surface area contributed by atoms with E-state index in [0.717, 1.165) is 13.0 Å². The van der Waals surface area contributed by atoms with Gasteiger partial charge in [0, 0.05) is 31.0 Å². The van der Waals surface area contributed by atoms with E-state index in [4.69, 9.17) is 5.21 Å². The smallest absolute Gasteiger partial charge is 0.277 e. The summed E-state index contributed by atoms with van der Waals surface area (Å²) >= 11 is 0. The third-order valence-corrected chi connectivity index (χ3v) is 4.87. The lowest BCUT2D eigenvalue weighted by Gasteiger charge is -2.36. The standard InChI is InChI=1S/C17H19N5O2/c1-10-2-4-11(5-3-10)15-14-6-13(9-18-14)22(15)17-19-7-12(8-20-17)16(23)21-24/h2-5,7-8,13-15,18,24H,6,9H2,1H3,(H,21,23). The molecule has 2 aromatic rings. The molecule has 0 aliphatic carbocycles. The van der Waals surface area contributed by atoms with Crippen LogP contribution in [0.3, 0.4) is 0 Å². The number of aromatic nitrogens is 2. The zero-order chi connectivity index (χ0) is 16.7. The number of hydroxylamine groups is 1. The van der Waals surface area contributed by atoms with Gasteiger partial charge in [-0.05, 0) is 18.9 Å². The Hall–Kier alpha value is -2.51. The summed E-state index contributed by atoms with van der Waals surface area (Å²) in [5, 5.41) is 12.3. The van der Waals surface area contributed by atoms with Gasteiger partial charge in [-0.2, -0.15) is 0 Å². The van der Waals surface area contributed by atoms with E-state index >= 15 is 0 Å². The highest BCUT2D eigenvalue weighted by molar-refractivity contribution is 5.92. The van der Waals surface area contributed by atoms with Gasteiger partial charge in [-0.25, -0.2) is 15.4 Å². The van der Waals surface area contributed by atoms with Gasteiger partial charge in [-0.1, -0.05) is 29.8 Å². The van der Waals surface area contributed by atoms with Crippen LogP contribution in [0.4, 0.5) is 5.95 Å². The number of rotatable bonds is 3. The van der Waals surface area contributed by atoms with Crippen molar-refractivity contribution >= 4 is 11.9 Å². The largest absolute Gasteiger partial charge is 0.328 e. The van der Waals surface area contributed by atoms with Crippen LogP contribution in [0, 0.1) is 6.92 Å². The second-order valence-electron chi connectivity index (χ2n) is 6.38. The van der Waals surface area contributed by atoms with E-state index in [0.29, 0.717) is 18.0 Å². The van der Waals surface area contributed by atoms with Crippen LogP contribution in [0.25, 0.3) is 0 Å². The highest BCUT2D eigenvalue weighted by Crippen LogP contribution is 2.41. The lowest BCUT2D eigenvalue weighted by molar-refractivity contribution is 0.0705. The van der Waals surface area contributed by atoms with Crippen molar-refractivity contribution in [3.8, 4) is 0 Å². The number of carbonyl (C=O) groups excluding carboxylic acids is 1. The monoisotopic (exact) mass is 325 g/mol. The lowest BCUT2D eigenvalue weighted by Crippen LogP contribution is -2.46. The number of amides is 1. The van der Waals surface area contributed by atoms with Crippen molar-refractivity contribution in [1.82, 2.24) is 20.8 Å². The van der Waals surface area contributed by atoms with E-state index < -0.39 is 5.91 Å². The van der Waals surface area contributed by atoms with E-state index in [1.165, 1.54) is 23.5 Å². The number of anilines is 1. The van der Waals surface area contributed by atoms with E-state index in [1.807, 2.05) is 0 Å². The van der Waals surface area contributed by atoms with Crippen molar-refractivity contribution in [2.45, 2.75) is 31.5 Å². The number of piperazine rings is 1. The fraction of sp³-hybridized carbons (Fsp3) is 0.353. The molecule has 0 spiro atoms. The molecule has 7 heteroatoms. The Morgan fingerprint density at radius 3 is 2.67 bits per heavy atom. The fourth-order valence-electron chi connectivity index (χ4n) is 3.70. The Morgan fingerprint density at radius 2 is 2.00 bits per heavy atom. The van der Waals surface area contributed by atoms with Crippen LogP contribution in [0.1, 0.15) is 33.9 Å². The van der Waals surface area contributed by atoms with Crippen molar-refractivity contribution < 1.29 is 10.0 Å². The van der Waals surface area contributed by atoms with Gasteiger partial charge in [0.1, 0.15) is 0 Å². The van der Waals surface area contributed by atoms with Crippen LogP contribution in [0.2, 0.25) is 0 Å². The van der Waals surface area contributed by atoms with Crippen LogP contribution in [-0.2, 0) is 0 Å².